The lowest BCUT2D eigenvalue weighted by atomic mass is 10.3. The van der Waals surface area contributed by atoms with Gasteiger partial charge in [0.25, 0.3) is 0 Å². The maximum Gasteiger partial charge on any atom is 0.245 e. The number of fused-ring (bicyclic) bond motifs is 1. The van der Waals surface area contributed by atoms with Crippen LogP contribution in [0.2, 0.25) is 0 Å². The predicted molar refractivity (Wildman–Crippen MR) is 103 cm³/mol. The van der Waals surface area contributed by atoms with E-state index in [1.807, 2.05) is 45.7 Å². The molecular formula is C19H19N7O. The van der Waals surface area contributed by atoms with Crippen LogP contribution in [0.1, 0.15) is 12.8 Å². The Hall–Kier alpha value is -3.55. The van der Waals surface area contributed by atoms with Gasteiger partial charge in [0.2, 0.25) is 5.95 Å². The lowest BCUT2D eigenvalue weighted by Gasteiger charge is -2.16. The molecule has 5 rings (SSSR count). The molecule has 1 aliphatic rings. The molecule has 27 heavy (non-hydrogen) atoms. The number of phenols is 1. The van der Waals surface area contributed by atoms with E-state index < -0.39 is 0 Å². The number of nitrogens with zero attached hydrogens (tertiary/aromatic N) is 6. The lowest BCUT2D eigenvalue weighted by Crippen LogP contribution is -2.22. The highest BCUT2D eigenvalue weighted by atomic mass is 16.3. The zero-order valence-corrected chi connectivity index (χ0v) is 14.7. The molecule has 1 aromatic carbocycles. The Morgan fingerprint density at radius 1 is 1.04 bits per heavy atom. The fraction of sp³-hybridized carbons (Fsp3) is 0.211. The van der Waals surface area contributed by atoms with Crippen LogP contribution >= 0.6 is 0 Å². The standard InChI is InChI=1S/C19H19N7O/c27-15-7-5-14(6-8-15)25-12-17(20-13-25)21-18-16-4-3-11-26(16)23-19(22-18)24-9-1-2-10-24/h3-8,11-13,27H,1-2,9-10H2,(H,21,22,23). The van der Waals surface area contributed by atoms with Crippen LogP contribution in [-0.2, 0) is 0 Å². The number of hydrogen-bond acceptors (Lipinski definition) is 6. The quantitative estimate of drug-likeness (QED) is 0.581. The van der Waals surface area contributed by atoms with Crippen molar-refractivity contribution in [2.45, 2.75) is 12.8 Å². The Morgan fingerprint density at radius 2 is 1.85 bits per heavy atom. The molecule has 1 aliphatic heterocycles. The predicted octanol–water partition coefficient (Wildman–Crippen LogP) is 2.96. The molecule has 4 heterocycles. The van der Waals surface area contributed by atoms with Crippen molar-refractivity contribution >= 4 is 23.1 Å². The van der Waals surface area contributed by atoms with Gasteiger partial charge in [-0.15, -0.1) is 5.10 Å². The summed E-state index contributed by atoms with van der Waals surface area (Å²) in [5.41, 5.74) is 1.82. The Kier molecular flexibility index (Phi) is 3.67. The molecular weight excluding hydrogens is 342 g/mol. The van der Waals surface area contributed by atoms with Crippen molar-refractivity contribution in [2.75, 3.05) is 23.3 Å². The normalized spacial score (nSPS) is 14.1. The minimum Gasteiger partial charge on any atom is -0.508 e. The van der Waals surface area contributed by atoms with Gasteiger partial charge in [-0.2, -0.15) is 4.98 Å². The topological polar surface area (TPSA) is 83.5 Å². The Balaban J connectivity index is 1.47. The van der Waals surface area contributed by atoms with Gasteiger partial charge in [-0.3, -0.25) is 0 Å². The van der Waals surface area contributed by atoms with Crippen molar-refractivity contribution in [1.82, 2.24) is 24.1 Å². The highest BCUT2D eigenvalue weighted by Gasteiger charge is 2.18. The van der Waals surface area contributed by atoms with Crippen LogP contribution in [0.3, 0.4) is 0 Å². The summed E-state index contributed by atoms with van der Waals surface area (Å²) in [4.78, 5) is 11.4. The number of nitrogens with one attached hydrogen (secondary N) is 1. The zero-order chi connectivity index (χ0) is 18.2. The molecule has 0 atom stereocenters. The van der Waals surface area contributed by atoms with E-state index in [1.54, 1.807) is 18.5 Å². The van der Waals surface area contributed by atoms with E-state index in [4.69, 9.17) is 4.98 Å². The van der Waals surface area contributed by atoms with Crippen LogP contribution < -0.4 is 10.2 Å². The SMILES string of the molecule is Oc1ccc(-n2cnc(Nc3nc(N4CCCC4)nn4cccc34)c2)cc1. The third-order valence-electron chi connectivity index (χ3n) is 4.75. The number of phenolic OH excluding ortho intramolecular Hbond substituents is 1. The molecule has 1 saturated heterocycles. The van der Waals surface area contributed by atoms with Gasteiger partial charge >= 0.3 is 0 Å². The summed E-state index contributed by atoms with van der Waals surface area (Å²) in [6.07, 6.45) is 7.90. The number of benzene rings is 1. The maximum atomic E-state index is 9.44. The second-order valence-electron chi connectivity index (χ2n) is 6.60. The molecule has 0 unspecified atom stereocenters. The highest BCUT2D eigenvalue weighted by Crippen LogP contribution is 2.24. The summed E-state index contributed by atoms with van der Waals surface area (Å²) in [5, 5.41) is 17.4. The van der Waals surface area contributed by atoms with E-state index in [-0.39, 0.29) is 5.75 Å². The monoisotopic (exact) mass is 361 g/mol. The van der Waals surface area contributed by atoms with Crippen molar-refractivity contribution in [1.29, 1.82) is 0 Å². The second-order valence-corrected chi connectivity index (χ2v) is 6.60. The summed E-state index contributed by atoms with van der Waals surface area (Å²) in [5.74, 6) is 2.39. The molecule has 1 fully saturated rings. The molecule has 2 N–H and O–H groups in total. The van der Waals surface area contributed by atoms with Crippen LogP contribution in [0.4, 0.5) is 17.6 Å². The molecule has 0 saturated carbocycles. The number of rotatable bonds is 4. The Bertz CT molecular complexity index is 1080. The first-order valence-electron chi connectivity index (χ1n) is 8.97. The third kappa shape index (κ3) is 2.95. The molecule has 136 valence electrons. The van der Waals surface area contributed by atoms with Gasteiger partial charge in [0.05, 0.1) is 6.20 Å². The van der Waals surface area contributed by atoms with E-state index in [0.717, 1.165) is 36.1 Å². The third-order valence-corrected chi connectivity index (χ3v) is 4.75. The Labute approximate surface area is 155 Å². The molecule has 0 amide bonds. The zero-order valence-electron chi connectivity index (χ0n) is 14.7. The largest absolute Gasteiger partial charge is 0.508 e. The highest BCUT2D eigenvalue weighted by molar-refractivity contribution is 5.73. The van der Waals surface area contributed by atoms with Crippen LogP contribution in [0, 0.1) is 0 Å². The van der Waals surface area contributed by atoms with Gasteiger partial charge in [-0.1, -0.05) is 0 Å². The molecule has 8 heteroatoms. The minimum absolute atomic E-state index is 0.239. The molecule has 0 aliphatic carbocycles. The summed E-state index contributed by atoms with van der Waals surface area (Å²) < 4.78 is 3.74. The number of anilines is 3. The fourth-order valence-electron chi connectivity index (χ4n) is 3.34. The molecule has 0 bridgehead atoms. The van der Waals surface area contributed by atoms with Gasteiger partial charge in [0, 0.05) is 25.0 Å². The summed E-state index contributed by atoms with van der Waals surface area (Å²) in [7, 11) is 0. The number of aromatic nitrogens is 5. The average Bonchev–Trinajstić information content (AvgIpc) is 3.43. The summed E-state index contributed by atoms with van der Waals surface area (Å²) in [6.45, 7) is 1.98. The second kappa shape index (κ2) is 6.31. The smallest absolute Gasteiger partial charge is 0.245 e. The van der Waals surface area contributed by atoms with Crippen molar-refractivity contribution in [3.8, 4) is 11.4 Å². The van der Waals surface area contributed by atoms with Gasteiger partial charge < -0.3 is 19.9 Å². The number of imidazole rings is 1. The van der Waals surface area contributed by atoms with Crippen molar-refractivity contribution in [2.24, 2.45) is 0 Å². The molecule has 3 aromatic heterocycles. The first-order chi connectivity index (χ1) is 13.3. The van der Waals surface area contributed by atoms with E-state index in [0.29, 0.717) is 5.82 Å². The Morgan fingerprint density at radius 3 is 2.67 bits per heavy atom. The van der Waals surface area contributed by atoms with Crippen LogP contribution in [0.15, 0.2) is 55.1 Å². The van der Waals surface area contributed by atoms with Crippen molar-refractivity contribution in [3.05, 3.63) is 55.1 Å². The van der Waals surface area contributed by atoms with Gasteiger partial charge in [0.15, 0.2) is 5.82 Å². The minimum atomic E-state index is 0.239. The fourth-order valence-corrected chi connectivity index (χ4v) is 3.34. The van der Waals surface area contributed by atoms with Gasteiger partial charge in [-0.25, -0.2) is 9.50 Å². The van der Waals surface area contributed by atoms with Crippen molar-refractivity contribution in [3.63, 3.8) is 0 Å². The molecule has 8 nitrogen and oxygen atoms in total. The average molecular weight is 361 g/mol. The van der Waals surface area contributed by atoms with Crippen LogP contribution in [0.25, 0.3) is 11.2 Å². The summed E-state index contributed by atoms with van der Waals surface area (Å²) >= 11 is 0. The molecule has 0 radical (unpaired) electrons. The van der Waals surface area contributed by atoms with E-state index in [2.05, 4.69) is 20.3 Å². The first kappa shape index (κ1) is 15.7. The first-order valence-corrected chi connectivity index (χ1v) is 8.97. The molecule has 4 aromatic rings. The van der Waals surface area contributed by atoms with Crippen LogP contribution in [0.5, 0.6) is 5.75 Å². The van der Waals surface area contributed by atoms with Crippen molar-refractivity contribution < 1.29 is 5.11 Å². The van der Waals surface area contributed by atoms with E-state index in [1.165, 1.54) is 12.8 Å². The maximum absolute atomic E-state index is 9.44. The lowest BCUT2D eigenvalue weighted by molar-refractivity contribution is 0.475. The number of aromatic hydroxyl groups is 1. The van der Waals surface area contributed by atoms with Gasteiger partial charge in [0.1, 0.15) is 23.4 Å². The summed E-state index contributed by atoms with van der Waals surface area (Å²) in [6, 6.07) is 10.9. The number of hydrogen-bond donors (Lipinski definition) is 2. The van der Waals surface area contributed by atoms with E-state index >= 15 is 0 Å². The molecule has 0 spiro atoms. The van der Waals surface area contributed by atoms with Gasteiger partial charge in [-0.05, 0) is 49.2 Å². The van der Waals surface area contributed by atoms with Crippen LogP contribution in [-0.4, -0.2) is 42.3 Å². The van der Waals surface area contributed by atoms with E-state index in [9.17, 15) is 5.11 Å².